The molecular weight excluding hydrogens is 448 g/mol. The van der Waals surface area contributed by atoms with Gasteiger partial charge in [-0.3, -0.25) is 9.59 Å². The van der Waals surface area contributed by atoms with Gasteiger partial charge in [0.05, 0.1) is 18.9 Å². The fraction of sp³-hybridized carbons (Fsp3) is 0.370. The van der Waals surface area contributed by atoms with Crippen molar-refractivity contribution in [3.05, 3.63) is 59.0 Å². The van der Waals surface area contributed by atoms with Crippen LogP contribution in [0.4, 0.5) is 0 Å². The number of rotatable bonds is 12. The predicted molar refractivity (Wildman–Crippen MR) is 138 cm³/mol. The number of methoxy groups -OCH3 is 1. The van der Waals surface area contributed by atoms with Gasteiger partial charge in [-0.25, -0.2) is 5.43 Å². The average Bonchev–Trinajstić information content (AvgIpc) is 3.26. The van der Waals surface area contributed by atoms with E-state index in [2.05, 4.69) is 35.0 Å². The molecule has 6 nitrogen and oxygen atoms in total. The Bertz CT molecular complexity index is 1170. The minimum absolute atomic E-state index is 0.00557. The van der Waals surface area contributed by atoms with E-state index < -0.39 is 0 Å². The molecule has 3 rings (SSSR count). The van der Waals surface area contributed by atoms with Crippen molar-refractivity contribution in [2.75, 3.05) is 7.11 Å². The fourth-order valence-electron chi connectivity index (χ4n) is 3.55. The van der Waals surface area contributed by atoms with Crippen LogP contribution in [0.5, 0.6) is 11.5 Å². The first kappa shape index (κ1) is 25.4. The van der Waals surface area contributed by atoms with Crippen LogP contribution < -0.4 is 14.9 Å². The quantitative estimate of drug-likeness (QED) is 0.186. The van der Waals surface area contributed by atoms with Gasteiger partial charge in [0.1, 0.15) is 0 Å². The second kappa shape index (κ2) is 12.3. The van der Waals surface area contributed by atoms with Gasteiger partial charge >= 0.3 is 0 Å². The molecule has 180 valence electrons. The molecule has 3 aromatic rings. The van der Waals surface area contributed by atoms with Gasteiger partial charge in [-0.2, -0.15) is 5.10 Å². The number of carbonyl (C=O) groups is 2. The second-order valence-electron chi connectivity index (χ2n) is 8.30. The standard InChI is InChI=1S/C27H32N2O4S/c1-5-6-10-22(21-17-34-26-11-8-7-9-20(21)26)28-29-27(31)15-13-23(30)19-12-14-24(33-18(2)3)25(16-19)32-4/h7-9,11-12,14,16-18H,5-6,10,13,15H2,1-4H3,(H,29,31)/b28-22+. The van der Waals surface area contributed by atoms with Crippen LogP contribution in [0.1, 0.15) is 68.8 Å². The van der Waals surface area contributed by atoms with E-state index in [1.807, 2.05) is 26.0 Å². The van der Waals surface area contributed by atoms with E-state index >= 15 is 0 Å². The highest BCUT2D eigenvalue weighted by molar-refractivity contribution is 7.17. The number of Topliss-reactive ketones (excluding diaryl/α,β-unsaturated/α-hetero) is 1. The summed E-state index contributed by atoms with van der Waals surface area (Å²) in [5.41, 5.74) is 5.07. The van der Waals surface area contributed by atoms with Crippen LogP contribution >= 0.6 is 11.3 Å². The number of ether oxygens (including phenoxy) is 2. The highest BCUT2D eigenvalue weighted by Crippen LogP contribution is 2.30. The number of benzene rings is 2. The van der Waals surface area contributed by atoms with Gasteiger partial charge in [0.25, 0.3) is 0 Å². The van der Waals surface area contributed by atoms with Gasteiger partial charge in [-0.15, -0.1) is 11.3 Å². The lowest BCUT2D eigenvalue weighted by Gasteiger charge is -2.14. The van der Waals surface area contributed by atoms with Crippen molar-refractivity contribution in [3.8, 4) is 11.5 Å². The fourth-order valence-corrected chi connectivity index (χ4v) is 4.52. The summed E-state index contributed by atoms with van der Waals surface area (Å²) in [5, 5.41) is 7.68. The summed E-state index contributed by atoms with van der Waals surface area (Å²) in [4.78, 5) is 25.1. The first-order valence-corrected chi connectivity index (χ1v) is 12.5. The lowest BCUT2D eigenvalue weighted by molar-refractivity contribution is -0.121. The first-order valence-electron chi connectivity index (χ1n) is 11.6. The maximum absolute atomic E-state index is 12.7. The minimum atomic E-state index is -0.284. The zero-order valence-electron chi connectivity index (χ0n) is 20.2. The zero-order chi connectivity index (χ0) is 24.5. The van der Waals surface area contributed by atoms with Crippen molar-refractivity contribution < 1.29 is 19.1 Å². The molecule has 1 heterocycles. The third kappa shape index (κ3) is 6.67. The Hall–Kier alpha value is -3.19. The highest BCUT2D eigenvalue weighted by atomic mass is 32.1. The largest absolute Gasteiger partial charge is 0.493 e. The molecule has 1 aromatic heterocycles. The van der Waals surface area contributed by atoms with E-state index in [-0.39, 0.29) is 30.6 Å². The number of hydrogen-bond donors (Lipinski definition) is 1. The van der Waals surface area contributed by atoms with E-state index in [9.17, 15) is 9.59 Å². The topological polar surface area (TPSA) is 77.0 Å². The summed E-state index contributed by atoms with van der Waals surface area (Å²) in [6, 6.07) is 13.3. The maximum atomic E-state index is 12.7. The van der Waals surface area contributed by atoms with Crippen LogP contribution in [-0.2, 0) is 4.79 Å². The first-order chi connectivity index (χ1) is 16.4. The zero-order valence-corrected chi connectivity index (χ0v) is 21.0. The molecule has 34 heavy (non-hydrogen) atoms. The Morgan fingerprint density at radius 2 is 1.85 bits per heavy atom. The highest BCUT2D eigenvalue weighted by Gasteiger charge is 2.15. The molecule has 0 atom stereocenters. The number of unbranched alkanes of at least 4 members (excludes halogenated alkanes) is 1. The van der Waals surface area contributed by atoms with Gasteiger partial charge in [0.2, 0.25) is 5.91 Å². The average molecular weight is 481 g/mol. The second-order valence-corrected chi connectivity index (χ2v) is 9.21. The monoisotopic (exact) mass is 480 g/mol. The number of hydrazone groups is 1. The molecule has 0 aliphatic heterocycles. The molecular formula is C27H32N2O4S. The summed E-state index contributed by atoms with van der Waals surface area (Å²) >= 11 is 1.67. The summed E-state index contributed by atoms with van der Waals surface area (Å²) in [7, 11) is 1.54. The summed E-state index contributed by atoms with van der Waals surface area (Å²) in [6.07, 6.45) is 2.93. The number of hydrogen-bond acceptors (Lipinski definition) is 6. The number of ketones is 1. The summed E-state index contributed by atoms with van der Waals surface area (Å²) < 4.78 is 12.2. The SMILES string of the molecule is CCCC/C(=N\NC(=O)CCC(=O)c1ccc(OC(C)C)c(OC)c1)c1csc2ccccc12. The van der Waals surface area contributed by atoms with Crippen molar-refractivity contribution in [1.82, 2.24) is 5.43 Å². The third-order valence-electron chi connectivity index (χ3n) is 5.30. The Morgan fingerprint density at radius 1 is 1.06 bits per heavy atom. The molecule has 0 fully saturated rings. The van der Waals surface area contributed by atoms with Gasteiger partial charge in [-0.1, -0.05) is 31.5 Å². The van der Waals surface area contributed by atoms with Crippen LogP contribution in [0.25, 0.3) is 10.1 Å². The van der Waals surface area contributed by atoms with Gasteiger partial charge in [0, 0.05) is 39.4 Å². The van der Waals surface area contributed by atoms with E-state index in [0.29, 0.717) is 17.1 Å². The van der Waals surface area contributed by atoms with Crippen molar-refractivity contribution in [2.45, 2.75) is 59.0 Å². The predicted octanol–water partition coefficient (Wildman–Crippen LogP) is 6.37. The van der Waals surface area contributed by atoms with Gasteiger partial charge in [-0.05, 0) is 51.0 Å². The molecule has 0 aliphatic carbocycles. The van der Waals surface area contributed by atoms with Crippen molar-refractivity contribution in [3.63, 3.8) is 0 Å². The van der Waals surface area contributed by atoms with E-state index in [0.717, 1.165) is 35.9 Å². The molecule has 0 saturated carbocycles. The summed E-state index contributed by atoms with van der Waals surface area (Å²) in [5.74, 6) is 0.663. The lowest BCUT2D eigenvalue weighted by Crippen LogP contribution is -2.21. The summed E-state index contributed by atoms with van der Waals surface area (Å²) in [6.45, 7) is 5.98. The van der Waals surface area contributed by atoms with Crippen molar-refractivity contribution in [2.24, 2.45) is 5.10 Å². The Kier molecular flexibility index (Phi) is 9.22. The maximum Gasteiger partial charge on any atom is 0.240 e. The van der Waals surface area contributed by atoms with Crippen molar-refractivity contribution >= 4 is 38.8 Å². The minimum Gasteiger partial charge on any atom is -0.493 e. The lowest BCUT2D eigenvalue weighted by atomic mass is 10.0. The molecule has 0 aliphatic rings. The third-order valence-corrected chi connectivity index (χ3v) is 6.27. The van der Waals surface area contributed by atoms with Crippen LogP contribution in [0.15, 0.2) is 52.9 Å². The molecule has 7 heteroatoms. The van der Waals surface area contributed by atoms with Crippen LogP contribution in [0, 0.1) is 0 Å². The number of nitrogens with one attached hydrogen (secondary N) is 1. The van der Waals surface area contributed by atoms with Crippen molar-refractivity contribution in [1.29, 1.82) is 0 Å². The molecule has 0 bridgehead atoms. The molecule has 0 unspecified atom stereocenters. The van der Waals surface area contributed by atoms with Gasteiger partial charge < -0.3 is 9.47 Å². The Morgan fingerprint density at radius 3 is 2.59 bits per heavy atom. The molecule has 0 radical (unpaired) electrons. The van der Waals surface area contributed by atoms with E-state index in [1.165, 1.54) is 11.8 Å². The van der Waals surface area contributed by atoms with Crippen LogP contribution in [0.2, 0.25) is 0 Å². The Balaban J connectivity index is 1.64. The molecule has 1 amide bonds. The molecule has 0 spiro atoms. The molecule has 0 saturated heterocycles. The van der Waals surface area contributed by atoms with Gasteiger partial charge in [0.15, 0.2) is 17.3 Å². The number of amides is 1. The molecule has 1 N–H and O–H groups in total. The van der Waals surface area contributed by atoms with Crippen LogP contribution in [-0.4, -0.2) is 30.6 Å². The normalized spacial score (nSPS) is 11.6. The molecule has 2 aromatic carbocycles. The number of fused-ring (bicyclic) bond motifs is 1. The van der Waals surface area contributed by atoms with Crippen LogP contribution in [0.3, 0.4) is 0 Å². The number of nitrogens with zero attached hydrogens (tertiary/aromatic N) is 1. The Labute approximate surface area is 205 Å². The van der Waals surface area contributed by atoms with E-state index in [4.69, 9.17) is 9.47 Å². The number of thiophene rings is 1. The van der Waals surface area contributed by atoms with E-state index in [1.54, 1.807) is 29.5 Å². The number of carbonyl (C=O) groups excluding carboxylic acids is 2. The smallest absolute Gasteiger partial charge is 0.240 e.